The molecule has 1 heterocycles. The second-order valence-corrected chi connectivity index (χ2v) is 6.08. The second kappa shape index (κ2) is 11.2. The fourth-order valence-electron chi connectivity index (χ4n) is 2.56. The molecule has 1 fully saturated rings. The normalized spacial score (nSPS) is 14.8. The molecule has 0 saturated heterocycles. The molecule has 1 aromatic rings. The fourth-order valence-corrected chi connectivity index (χ4v) is 2.56. The summed E-state index contributed by atoms with van der Waals surface area (Å²) in [5.74, 6) is 0.727. The number of aliphatic imine (C=N–C) groups is 1. The molecule has 0 unspecified atom stereocenters. The van der Waals surface area contributed by atoms with Gasteiger partial charge in [0.15, 0.2) is 5.96 Å². The molecule has 0 spiro atoms. The molecule has 0 aliphatic heterocycles. The minimum Gasteiger partial charge on any atom is -0.356 e. The molecule has 24 heavy (non-hydrogen) atoms. The predicted octanol–water partition coefficient (Wildman–Crippen LogP) is 1.81. The van der Waals surface area contributed by atoms with Crippen molar-refractivity contribution >= 4 is 35.8 Å². The third kappa shape index (κ3) is 7.46. The van der Waals surface area contributed by atoms with Gasteiger partial charge in [-0.2, -0.15) is 0 Å². The summed E-state index contributed by atoms with van der Waals surface area (Å²) in [6.45, 7) is 0.907. The van der Waals surface area contributed by atoms with E-state index in [1.54, 1.807) is 25.2 Å². The number of hydrogen-bond donors (Lipinski definition) is 2. The van der Waals surface area contributed by atoms with Crippen LogP contribution in [-0.2, 0) is 11.2 Å². The highest BCUT2D eigenvalue weighted by atomic mass is 127. The fraction of sp³-hybridized carbons (Fsp3) is 0.588. The van der Waals surface area contributed by atoms with Crippen LogP contribution in [0.1, 0.15) is 31.4 Å². The Balaban J connectivity index is 0.00000288. The molecule has 0 radical (unpaired) electrons. The number of guanidine groups is 1. The Morgan fingerprint density at radius 3 is 2.71 bits per heavy atom. The second-order valence-electron chi connectivity index (χ2n) is 6.08. The molecule has 0 atom stereocenters. The van der Waals surface area contributed by atoms with E-state index in [-0.39, 0.29) is 36.4 Å². The number of nitrogens with zero attached hydrogens (tertiary/aromatic N) is 3. The summed E-state index contributed by atoms with van der Waals surface area (Å²) >= 11 is 0. The molecule has 6 nitrogen and oxygen atoms in total. The van der Waals surface area contributed by atoms with Gasteiger partial charge in [0.25, 0.3) is 0 Å². The average molecular weight is 445 g/mol. The van der Waals surface area contributed by atoms with Crippen LogP contribution in [0.15, 0.2) is 29.4 Å². The van der Waals surface area contributed by atoms with E-state index in [0.29, 0.717) is 6.04 Å². The van der Waals surface area contributed by atoms with E-state index in [1.807, 2.05) is 18.2 Å². The first kappa shape index (κ1) is 20.7. The van der Waals surface area contributed by atoms with Crippen molar-refractivity contribution < 1.29 is 4.79 Å². The zero-order valence-electron chi connectivity index (χ0n) is 14.5. The van der Waals surface area contributed by atoms with Crippen LogP contribution in [0.4, 0.5) is 0 Å². The van der Waals surface area contributed by atoms with Gasteiger partial charge >= 0.3 is 0 Å². The molecule has 7 heteroatoms. The number of carbonyl (C=O) groups is 1. The van der Waals surface area contributed by atoms with Crippen LogP contribution < -0.4 is 10.6 Å². The molecule has 134 valence electrons. The van der Waals surface area contributed by atoms with E-state index in [1.165, 1.54) is 25.7 Å². The molecule has 2 rings (SSSR count). The zero-order chi connectivity index (χ0) is 16.5. The van der Waals surface area contributed by atoms with E-state index in [2.05, 4.69) is 20.6 Å². The quantitative estimate of drug-likeness (QED) is 0.398. The monoisotopic (exact) mass is 445 g/mol. The molecule has 1 saturated carbocycles. The van der Waals surface area contributed by atoms with Gasteiger partial charge in [0.1, 0.15) is 6.54 Å². The average Bonchev–Trinajstić information content (AvgIpc) is 3.06. The highest BCUT2D eigenvalue weighted by molar-refractivity contribution is 14.0. The zero-order valence-corrected chi connectivity index (χ0v) is 16.8. The van der Waals surface area contributed by atoms with Crippen LogP contribution in [0.3, 0.4) is 0 Å². The summed E-state index contributed by atoms with van der Waals surface area (Å²) in [6.07, 6.45) is 7.49. The van der Waals surface area contributed by atoms with Crippen molar-refractivity contribution in [2.24, 2.45) is 4.99 Å². The van der Waals surface area contributed by atoms with E-state index in [4.69, 9.17) is 0 Å². The van der Waals surface area contributed by atoms with Crippen LogP contribution in [0.2, 0.25) is 0 Å². The molecular weight excluding hydrogens is 417 g/mol. The van der Waals surface area contributed by atoms with Crippen molar-refractivity contribution in [3.8, 4) is 0 Å². The summed E-state index contributed by atoms with van der Waals surface area (Å²) in [7, 11) is 3.49. The number of likely N-dealkylation sites (N-methyl/N-ethyl adjacent to an activating group) is 1. The summed E-state index contributed by atoms with van der Waals surface area (Å²) in [6, 6.07) is 6.38. The Morgan fingerprint density at radius 2 is 2.08 bits per heavy atom. The minimum atomic E-state index is 0. The maximum absolute atomic E-state index is 11.7. The van der Waals surface area contributed by atoms with Crippen molar-refractivity contribution in [2.45, 2.75) is 38.1 Å². The lowest BCUT2D eigenvalue weighted by atomic mass is 10.2. The van der Waals surface area contributed by atoms with Crippen molar-refractivity contribution in [1.29, 1.82) is 0 Å². The number of halogens is 1. The standard InChI is InChI=1S/C17H27N5O.HI/c1-22(2)16(23)13-20-17(21-15-8-3-4-9-15)19-12-10-14-7-5-6-11-18-14;/h5-7,11,15H,3-4,8-10,12-13H2,1-2H3,(H2,19,20,21);1H. The van der Waals surface area contributed by atoms with Crippen molar-refractivity contribution in [3.63, 3.8) is 0 Å². The molecule has 1 aliphatic rings. The first-order chi connectivity index (χ1) is 11.1. The third-order valence-electron chi connectivity index (χ3n) is 3.97. The van der Waals surface area contributed by atoms with Gasteiger partial charge < -0.3 is 15.5 Å². The van der Waals surface area contributed by atoms with E-state index in [0.717, 1.165) is 24.6 Å². The number of hydrogen-bond acceptors (Lipinski definition) is 3. The summed E-state index contributed by atoms with van der Waals surface area (Å²) in [5.41, 5.74) is 1.05. The van der Waals surface area contributed by atoms with Crippen molar-refractivity contribution in [2.75, 3.05) is 27.2 Å². The van der Waals surface area contributed by atoms with Gasteiger partial charge in [-0.3, -0.25) is 9.78 Å². The van der Waals surface area contributed by atoms with Gasteiger partial charge in [-0.05, 0) is 25.0 Å². The van der Waals surface area contributed by atoms with Gasteiger partial charge in [0, 0.05) is 45.0 Å². The smallest absolute Gasteiger partial charge is 0.243 e. The summed E-state index contributed by atoms with van der Waals surface area (Å²) in [4.78, 5) is 22.0. The lowest BCUT2D eigenvalue weighted by molar-refractivity contribution is -0.127. The Bertz CT molecular complexity index is 515. The van der Waals surface area contributed by atoms with Gasteiger partial charge in [0.2, 0.25) is 5.91 Å². The summed E-state index contributed by atoms with van der Waals surface area (Å²) in [5, 5.41) is 6.76. The van der Waals surface area contributed by atoms with Gasteiger partial charge in [-0.15, -0.1) is 24.0 Å². The van der Waals surface area contributed by atoms with Crippen LogP contribution in [0.25, 0.3) is 0 Å². The van der Waals surface area contributed by atoms with Gasteiger partial charge in [-0.1, -0.05) is 18.9 Å². The maximum Gasteiger partial charge on any atom is 0.243 e. The Hall–Kier alpha value is -1.38. The number of pyridine rings is 1. The molecule has 0 bridgehead atoms. The van der Waals surface area contributed by atoms with Gasteiger partial charge in [-0.25, -0.2) is 4.99 Å². The van der Waals surface area contributed by atoms with E-state index < -0.39 is 0 Å². The Labute approximate surface area is 161 Å². The molecule has 1 aliphatic carbocycles. The number of aromatic nitrogens is 1. The number of rotatable bonds is 6. The minimum absolute atomic E-state index is 0. The molecular formula is C17H28IN5O. The first-order valence-electron chi connectivity index (χ1n) is 8.30. The number of amides is 1. The number of nitrogens with one attached hydrogen (secondary N) is 2. The van der Waals surface area contributed by atoms with Crippen LogP contribution >= 0.6 is 24.0 Å². The maximum atomic E-state index is 11.7. The Morgan fingerprint density at radius 1 is 1.33 bits per heavy atom. The van der Waals surface area contributed by atoms with Crippen LogP contribution in [0.5, 0.6) is 0 Å². The lowest BCUT2D eigenvalue weighted by Crippen LogP contribution is -2.43. The highest BCUT2D eigenvalue weighted by Crippen LogP contribution is 2.17. The molecule has 1 aromatic heterocycles. The highest BCUT2D eigenvalue weighted by Gasteiger charge is 2.16. The molecule has 0 aromatic carbocycles. The van der Waals surface area contributed by atoms with Crippen molar-refractivity contribution in [3.05, 3.63) is 30.1 Å². The Kier molecular flexibility index (Phi) is 9.66. The topological polar surface area (TPSA) is 69.6 Å². The lowest BCUT2D eigenvalue weighted by Gasteiger charge is -2.17. The van der Waals surface area contributed by atoms with E-state index in [9.17, 15) is 4.79 Å². The SMILES string of the molecule is CN(C)C(=O)CN=C(NCCc1ccccn1)NC1CCCC1.I. The van der Waals surface area contributed by atoms with Crippen LogP contribution in [0, 0.1) is 0 Å². The van der Waals surface area contributed by atoms with Crippen LogP contribution in [-0.4, -0.2) is 55.0 Å². The largest absolute Gasteiger partial charge is 0.356 e. The molecule has 2 N–H and O–H groups in total. The molecule has 1 amide bonds. The van der Waals surface area contributed by atoms with Crippen molar-refractivity contribution in [1.82, 2.24) is 20.5 Å². The summed E-state index contributed by atoms with van der Waals surface area (Å²) < 4.78 is 0. The number of carbonyl (C=O) groups excluding carboxylic acids is 1. The predicted molar refractivity (Wildman–Crippen MR) is 108 cm³/mol. The van der Waals surface area contributed by atoms with Gasteiger partial charge in [0.05, 0.1) is 0 Å². The van der Waals surface area contributed by atoms with E-state index >= 15 is 0 Å². The third-order valence-corrected chi connectivity index (χ3v) is 3.97. The first-order valence-corrected chi connectivity index (χ1v) is 8.30.